The van der Waals surface area contributed by atoms with Gasteiger partial charge in [-0.3, -0.25) is 0 Å². The fraction of sp³-hybridized carbons (Fsp3) is 0.286. The van der Waals surface area contributed by atoms with E-state index in [4.69, 9.17) is 0 Å². The van der Waals surface area contributed by atoms with Crippen LogP contribution in [0.5, 0.6) is 0 Å². The number of primary sulfonamides is 1. The summed E-state index contributed by atoms with van der Waals surface area (Å²) in [5.41, 5.74) is -1.26. The van der Waals surface area contributed by atoms with Gasteiger partial charge in [0.2, 0.25) is 16.0 Å². The molecule has 1 aromatic heterocycles. The molecule has 1 aromatic rings. The second-order valence-corrected chi connectivity index (χ2v) is 4.32. The normalized spacial score (nSPS) is 12.1. The Labute approximate surface area is 84.0 Å². The fourth-order valence-electron chi connectivity index (χ4n) is 1.12. The number of pyridine rings is 1. The molecule has 0 aliphatic carbocycles. The molecule has 1 heterocycles. The predicted octanol–water partition coefficient (Wildman–Crippen LogP) is 1.11. The first kappa shape index (κ1) is 11.9. The third-order valence-electron chi connectivity index (χ3n) is 1.70. The van der Waals surface area contributed by atoms with Gasteiger partial charge in [0.25, 0.3) is 6.43 Å². The minimum atomic E-state index is -4.38. The van der Waals surface area contributed by atoms with Crippen LogP contribution in [0.1, 0.15) is 17.7 Å². The van der Waals surface area contributed by atoms with E-state index < -0.39 is 38.5 Å². The molecule has 0 aromatic carbocycles. The Morgan fingerprint density at radius 3 is 2.40 bits per heavy atom. The van der Waals surface area contributed by atoms with Gasteiger partial charge >= 0.3 is 0 Å². The van der Waals surface area contributed by atoms with Crippen molar-refractivity contribution in [1.82, 2.24) is 4.98 Å². The van der Waals surface area contributed by atoms with Gasteiger partial charge in [-0.1, -0.05) is 0 Å². The van der Waals surface area contributed by atoms with Gasteiger partial charge in [0, 0.05) is 6.07 Å². The average Bonchev–Trinajstić information content (AvgIpc) is 1.99. The van der Waals surface area contributed by atoms with Crippen molar-refractivity contribution in [1.29, 1.82) is 0 Å². The summed E-state index contributed by atoms with van der Waals surface area (Å²) in [6, 6.07) is 0.379. The van der Waals surface area contributed by atoms with E-state index in [9.17, 15) is 21.6 Å². The van der Waals surface area contributed by atoms with Crippen molar-refractivity contribution < 1.29 is 21.6 Å². The zero-order valence-electron chi connectivity index (χ0n) is 7.54. The zero-order valence-corrected chi connectivity index (χ0v) is 8.35. The lowest BCUT2D eigenvalue weighted by Crippen LogP contribution is -2.17. The number of nitrogens with zero attached hydrogens (tertiary/aromatic N) is 1. The summed E-state index contributed by atoms with van der Waals surface area (Å²) in [6.45, 7) is 1.08. The maximum absolute atomic E-state index is 12.7. The number of rotatable bonds is 2. The summed E-state index contributed by atoms with van der Waals surface area (Å²) in [5, 5.41) is 4.68. The van der Waals surface area contributed by atoms with Crippen molar-refractivity contribution in [3.8, 4) is 0 Å². The smallest absolute Gasteiger partial charge is 0.225 e. The standard InChI is InChI=1S/C7H7F3N2O2S/c1-3-6(7(9)10)4(15(11,13)14)2-5(8)12-3/h2,7H,1H3,(H2,11,13,14). The van der Waals surface area contributed by atoms with E-state index in [-0.39, 0.29) is 0 Å². The largest absolute Gasteiger partial charge is 0.266 e. The Balaban J connectivity index is 3.62. The summed E-state index contributed by atoms with van der Waals surface area (Å²) in [7, 11) is -4.38. The van der Waals surface area contributed by atoms with Crippen LogP contribution in [-0.4, -0.2) is 13.4 Å². The van der Waals surface area contributed by atoms with Crippen molar-refractivity contribution in [2.24, 2.45) is 5.14 Å². The van der Waals surface area contributed by atoms with Crippen LogP contribution in [0.3, 0.4) is 0 Å². The van der Waals surface area contributed by atoms with Crippen LogP contribution in [0.15, 0.2) is 11.0 Å². The molecule has 15 heavy (non-hydrogen) atoms. The van der Waals surface area contributed by atoms with Crippen LogP contribution in [0.4, 0.5) is 13.2 Å². The molecule has 0 radical (unpaired) electrons. The lowest BCUT2D eigenvalue weighted by molar-refractivity contribution is 0.146. The van der Waals surface area contributed by atoms with Crippen LogP contribution < -0.4 is 5.14 Å². The molecular weight excluding hydrogens is 233 g/mol. The Hall–Kier alpha value is -1.15. The minimum Gasteiger partial charge on any atom is -0.225 e. The highest BCUT2D eigenvalue weighted by atomic mass is 32.2. The Bertz CT molecular complexity index is 487. The molecule has 4 nitrogen and oxygen atoms in total. The molecule has 0 fully saturated rings. The summed E-state index contributed by atoms with van der Waals surface area (Å²) >= 11 is 0. The number of aromatic nitrogens is 1. The molecular formula is C7H7F3N2O2S. The molecule has 0 amide bonds. The van der Waals surface area contributed by atoms with Gasteiger partial charge in [0.1, 0.15) is 0 Å². The molecule has 2 N–H and O–H groups in total. The van der Waals surface area contributed by atoms with E-state index in [1.54, 1.807) is 0 Å². The predicted molar refractivity (Wildman–Crippen MR) is 45.3 cm³/mol. The number of alkyl halides is 2. The maximum Gasteiger partial charge on any atom is 0.266 e. The third kappa shape index (κ3) is 2.45. The van der Waals surface area contributed by atoms with Crippen molar-refractivity contribution in [2.45, 2.75) is 18.2 Å². The summed E-state index contributed by atoms with van der Waals surface area (Å²) in [5.74, 6) is -1.17. The molecule has 0 spiro atoms. The molecule has 0 atom stereocenters. The highest BCUT2D eigenvalue weighted by Gasteiger charge is 2.24. The SMILES string of the molecule is Cc1nc(F)cc(S(N)(=O)=O)c1C(F)F. The van der Waals surface area contributed by atoms with Gasteiger partial charge in [-0.05, 0) is 6.92 Å². The molecule has 0 aliphatic rings. The minimum absolute atomic E-state index is 0.379. The quantitative estimate of drug-likeness (QED) is 0.787. The number of sulfonamides is 1. The monoisotopic (exact) mass is 240 g/mol. The van der Waals surface area contributed by atoms with E-state index in [1.165, 1.54) is 0 Å². The number of aryl methyl sites for hydroxylation is 1. The van der Waals surface area contributed by atoms with Gasteiger partial charge in [-0.15, -0.1) is 0 Å². The molecule has 0 saturated heterocycles. The number of hydrogen-bond donors (Lipinski definition) is 1. The number of nitrogens with two attached hydrogens (primary N) is 1. The summed E-state index contributed by atoms with van der Waals surface area (Å²) < 4.78 is 59.5. The molecule has 0 bridgehead atoms. The van der Waals surface area contributed by atoms with Crippen LogP contribution >= 0.6 is 0 Å². The topological polar surface area (TPSA) is 73.0 Å². The van der Waals surface area contributed by atoms with Gasteiger partial charge in [-0.2, -0.15) is 4.39 Å². The first-order chi connectivity index (χ1) is 6.73. The van der Waals surface area contributed by atoms with Crippen LogP contribution in [0, 0.1) is 12.9 Å². The Morgan fingerprint density at radius 2 is 2.00 bits per heavy atom. The first-order valence-electron chi connectivity index (χ1n) is 3.71. The molecule has 84 valence electrons. The Kier molecular flexibility index (Phi) is 3.00. The van der Waals surface area contributed by atoms with E-state index in [2.05, 4.69) is 10.1 Å². The van der Waals surface area contributed by atoms with E-state index in [1.807, 2.05) is 0 Å². The molecule has 0 saturated carbocycles. The second-order valence-electron chi connectivity index (χ2n) is 2.79. The zero-order chi connectivity index (χ0) is 11.8. The van der Waals surface area contributed by atoms with Crippen molar-refractivity contribution >= 4 is 10.0 Å². The van der Waals surface area contributed by atoms with Crippen molar-refractivity contribution in [2.75, 3.05) is 0 Å². The van der Waals surface area contributed by atoms with Crippen LogP contribution in [0.2, 0.25) is 0 Å². The highest BCUT2D eigenvalue weighted by molar-refractivity contribution is 7.89. The molecule has 1 rings (SSSR count). The molecule has 0 aliphatic heterocycles. The number of hydrogen-bond acceptors (Lipinski definition) is 3. The summed E-state index contributed by atoms with van der Waals surface area (Å²) in [6.07, 6.45) is -3.08. The van der Waals surface area contributed by atoms with Gasteiger partial charge in [0.05, 0.1) is 16.2 Å². The summed E-state index contributed by atoms with van der Waals surface area (Å²) in [4.78, 5) is 2.17. The second kappa shape index (κ2) is 3.78. The highest BCUT2D eigenvalue weighted by Crippen LogP contribution is 2.28. The van der Waals surface area contributed by atoms with Gasteiger partial charge in [-0.25, -0.2) is 27.3 Å². The van der Waals surface area contributed by atoms with E-state index in [0.29, 0.717) is 6.07 Å². The van der Waals surface area contributed by atoms with Crippen LogP contribution in [-0.2, 0) is 10.0 Å². The lowest BCUT2D eigenvalue weighted by atomic mass is 10.2. The van der Waals surface area contributed by atoms with E-state index >= 15 is 0 Å². The molecule has 8 heteroatoms. The van der Waals surface area contributed by atoms with E-state index in [0.717, 1.165) is 6.92 Å². The fourth-order valence-corrected chi connectivity index (χ4v) is 1.92. The third-order valence-corrected chi connectivity index (χ3v) is 2.66. The number of halogens is 3. The maximum atomic E-state index is 12.7. The van der Waals surface area contributed by atoms with Crippen molar-refractivity contribution in [3.05, 3.63) is 23.3 Å². The van der Waals surface area contributed by atoms with Gasteiger partial charge < -0.3 is 0 Å². The molecule has 0 unspecified atom stereocenters. The van der Waals surface area contributed by atoms with Crippen LogP contribution in [0.25, 0.3) is 0 Å². The Morgan fingerprint density at radius 1 is 1.47 bits per heavy atom. The average molecular weight is 240 g/mol. The first-order valence-corrected chi connectivity index (χ1v) is 5.26. The van der Waals surface area contributed by atoms with Gasteiger partial charge in [0.15, 0.2) is 0 Å². The van der Waals surface area contributed by atoms with Crippen molar-refractivity contribution in [3.63, 3.8) is 0 Å². The lowest BCUT2D eigenvalue weighted by Gasteiger charge is -2.09.